The lowest BCUT2D eigenvalue weighted by Crippen LogP contribution is -2.17. The van der Waals surface area contributed by atoms with Crippen LogP contribution in [0.5, 0.6) is 5.75 Å². The topological polar surface area (TPSA) is 73.1 Å². The minimum Gasteiger partial charge on any atom is -0.495 e. The van der Waals surface area contributed by atoms with Crippen molar-refractivity contribution in [3.8, 4) is 5.75 Å². The van der Waals surface area contributed by atoms with Crippen molar-refractivity contribution in [1.29, 1.82) is 0 Å². The SMILES string of the molecule is COc1ccc(Br)cc1Nc1nnc(C)c(C)c1C(N)=S. The summed E-state index contributed by atoms with van der Waals surface area (Å²) < 4.78 is 6.25. The van der Waals surface area contributed by atoms with Gasteiger partial charge in [-0.15, -0.1) is 5.10 Å². The van der Waals surface area contributed by atoms with Crippen LogP contribution in [0.2, 0.25) is 0 Å². The minimum atomic E-state index is 0.280. The first-order valence-electron chi connectivity index (χ1n) is 6.18. The Morgan fingerprint density at radius 2 is 2.05 bits per heavy atom. The zero-order chi connectivity index (χ0) is 15.6. The van der Waals surface area contributed by atoms with E-state index in [4.69, 9.17) is 22.7 Å². The summed E-state index contributed by atoms with van der Waals surface area (Å²) >= 11 is 8.56. The Morgan fingerprint density at radius 3 is 2.67 bits per heavy atom. The number of nitrogens with zero attached hydrogens (tertiary/aromatic N) is 2. The zero-order valence-corrected chi connectivity index (χ0v) is 14.3. The molecule has 0 atom stereocenters. The molecule has 0 aliphatic heterocycles. The Hall–Kier alpha value is -1.73. The summed E-state index contributed by atoms with van der Waals surface area (Å²) in [5.74, 6) is 1.20. The lowest BCUT2D eigenvalue weighted by Gasteiger charge is -2.15. The number of aromatic nitrogens is 2. The van der Waals surface area contributed by atoms with Crippen LogP contribution in [-0.4, -0.2) is 22.3 Å². The van der Waals surface area contributed by atoms with Gasteiger partial charge in [-0.2, -0.15) is 5.10 Å². The molecule has 5 nitrogen and oxygen atoms in total. The van der Waals surface area contributed by atoms with Crippen LogP contribution >= 0.6 is 28.1 Å². The summed E-state index contributed by atoms with van der Waals surface area (Å²) in [6.45, 7) is 3.79. The molecule has 0 saturated heterocycles. The molecule has 2 rings (SSSR count). The van der Waals surface area contributed by atoms with Crippen LogP contribution in [0.4, 0.5) is 11.5 Å². The van der Waals surface area contributed by atoms with Crippen molar-refractivity contribution in [3.05, 3.63) is 39.5 Å². The zero-order valence-electron chi connectivity index (χ0n) is 11.9. The molecule has 3 N–H and O–H groups in total. The second kappa shape index (κ2) is 6.36. The number of hydrogen-bond donors (Lipinski definition) is 2. The Kier molecular flexibility index (Phi) is 4.74. The van der Waals surface area contributed by atoms with Crippen molar-refractivity contribution < 1.29 is 4.74 Å². The Balaban J connectivity index is 2.52. The molecule has 1 aromatic carbocycles. The fourth-order valence-corrected chi connectivity index (χ4v) is 2.51. The molecule has 0 unspecified atom stereocenters. The van der Waals surface area contributed by atoms with E-state index in [-0.39, 0.29) is 4.99 Å². The number of rotatable bonds is 4. The standard InChI is InChI=1S/C14H15BrN4OS/c1-7-8(2)18-19-14(12(7)13(16)21)17-10-6-9(15)4-5-11(10)20-3/h4-6H,1-3H3,(H2,16,21)(H,17,19). The Bertz CT molecular complexity index is 706. The van der Waals surface area contributed by atoms with Gasteiger partial charge in [-0.3, -0.25) is 0 Å². The van der Waals surface area contributed by atoms with Gasteiger partial charge in [-0.05, 0) is 37.6 Å². The van der Waals surface area contributed by atoms with E-state index in [2.05, 4.69) is 31.4 Å². The highest BCUT2D eigenvalue weighted by molar-refractivity contribution is 9.10. The molecule has 1 heterocycles. The van der Waals surface area contributed by atoms with E-state index >= 15 is 0 Å². The van der Waals surface area contributed by atoms with E-state index in [1.54, 1.807) is 7.11 Å². The molecule has 2 aromatic rings. The first-order chi connectivity index (χ1) is 9.93. The van der Waals surface area contributed by atoms with Crippen LogP contribution in [0.25, 0.3) is 0 Å². The number of nitrogens with two attached hydrogens (primary N) is 1. The molecule has 110 valence electrons. The van der Waals surface area contributed by atoms with Gasteiger partial charge >= 0.3 is 0 Å². The molecule has 1 aromatic heterocycles. The van der Waals surface area contributed by atoms with E-state index in [0.717, 1.165) is 21.4 Å². The average molecular weight is 367 g/mol. The summed E-state index contributed by atoms with van der Waals surface area (Å²) in [4.78, 5) is 0.280. The van der Waals surface area contributed by atoms with Crippen molar-refractivity contribution in [2.45, 2.75) is 13.8 Å². The van der Waals surface area contributed by atoms with Crippen LogP contribution < -0.4 is 15.8 Å². The number of anilines is 2. The second-order valence-electron chi connectivity index (χ2n) is 4.47. The van der Waals surface area contributed by atoms with Gasteiger partial charge in [0.1, 0.15) is 10.7 Å². The molecule has 0 fully saturated rings. The van der Waals surface area contributed by atoms with Gasteiger partial charge in [0, 0.05) is 4.47 Å². The maximum Gasteiger partial charge on any atom is 0.163 e. The third kappa shape index (κ3) is 3.30. The number of thiocarbonyl (C=S) groups is 1. The third-order valence-electron chi connectivity index (χ3n) is 3.12. The molecular formula is C14H15BrN4OS. The number of methoxy groups -OCH3 is 1. The lowest BCUT2D eigenvalue weighted by molar-refractivity contribution is 0.416. The first kappa shape index (κ1) is 15.7. The quantitative estimate of drug-likeness (QED) is 0.809. The van der Waals surface area contributed by atoms with Crippen molar-refractivity contribution in [1.82, 2.24) is 10.2 Å². The van der Waals surface area contributed by atoms with Gasteiger partial charge in [0.15, 0.2) is 5.82 Å². The molecule has 0 saturated carbocycles. The third-order valence-corrected chi connectivity index (χ3v) is 3.81. The lowest BCUT2D eigenvalue weighted by atomic mass is 10.1. The number of nitrogens with one attached hydrogen (secondary N) is 1. The van der Waals surface area contributed by atoms with Crippen molar-refractivity contribution in [2.75, 3.05) is 12.4 Å². The van der Waals surface area contributed by atoms with Gasteiger partial charge in [0.25, 0.3) is 0 Å². The highest BCUT2D eigenvalue weighted by Crippen LogP contribution is 2.31. The molecule has 0 bridgehead atoms. The maximum atomic E-state index is 5.82. The largest absolute Gasteiger partial charge is 0.495 e. The van der Waals surface area contributed by atoms with Gasteiger partial charge in [0.05, 0.1) is 24.1 Å². The van der Waals surface area contributed by atoms with Crippen molar-refractivity contribution >= 4 is 44.6 Å². The first-order valence-corrected chi connectivity index (χ1v) is 7.38. The number of benzene rings is 1. The van der Waals surface area contributed by atoms with Crippen LogP contribution in [0, 0.1) is 13.8 Å². The Morgan fingerprint density at radius 1 is 1.33 bits per heavy atom. The number of halogens is 1. The molecule has 21 heavy (non-hydrogen) atoms. The summed E-state index contributed by atoms with van der Waals surface area (Å²) in [5.41, 5.74) is 8.97. The fourth-order valence-electron chi connectivity index (χ4n) is 1.90. The number of aryl methyl sites for hydroxylation is 1. The van der Waals surface area contributed by atoms with Crippen molar-refractivity contribution in [3.63, 3.8) is 0 Å². The van der Waals surface area contributed by atoms with Crippen LogP contribution in [0.3, 0.4) is 0 Å². The molecule has 0 aliphatic rings. The maximum absolute atomic E-state index is 5.82. The van der Waals surface area contributed by atoms with Crippen LogP contribution in [0.1, 0.15) is 16.8 Å². The molecule has 7 heteroatoms. The van der Waals surface area contributed by atoms with Crippen LogP contribution in [0.15, 0.2) is 22.7 Å². The van der Waals surface area contributed by atoms with E-state index in [1.165, 1.54) is 0 Å². The number of ether oxygens (including phenoxy) is 1. The normalized spacial score (nSPS) is 10.3. The average Bonchev–Trinajstić information content (AvgIpc) is 2.43. The van der Waals surface area contributed by atoms with Gasteiger partial charge in [-0.25, -0.2) is 0 Å². The smallest absolute Gasteiger partial charge is 0.163 e. The minimum absolute atomic E-state index is 0.280. The Labute approximate surface area is 137 Å². The van der Waals surface area contributed by atoms with E-state index in [9.17, 15) is 0 Å². The fraction of sp³-hybridized carbons (Fsp3) is 0.214. The van der Waals surface area contributed by atoms with Gasteiger partial charge in [-0.1, -0.05) is 28.1 Å². The van der Waals surface area contributed by atoms with Crippen molar-refractivity contribution in [2.24, 2.45) is 5.73 Å². The highest BCUT2D eigenvalue weighted by Gasteiger charge is 2.15. The van der Waals surface area contributed by atoms with E-state index in [0.29, 0.717) is 17.1 Å². The van der Waals surface area contributed by atoms with Gasteiger partial charge in [0.2, 0.25) is 0 Å². The predicted octanol–water partition coefficient (Wildman–Crippen LogP) is 3.24. The second-order valence-corrected chi connectivity index (χ2v) is 5.82. The summed E-state index contributed by atoms with van der Waals surface area (Å²) in [7, 11) is 1.61. The molecule has 0 aliphatic carbocycles. The van der Waals surface area contributed by atoms with Gasteiger partial charge < -0.3 is 15.8 Å². The van der Waals surface area contributed by atoms with E-state index < -0.39 is 0 Å². The predicted molar refractivity (Wildman–Crippen MR) is 91.4 cm³/mol. The highest BCUT2D eigenvalue weighted by atomic mass is 79.9. The van der Waals surface area contributed by atoms with E-state index in [1.807, 2.05) is 32.0 Å². The molecular weight excluding hydrogens is 352 g/mol. The summed E-state index contributed by atoms with van der Waals surface area (Å²) in [5, 5.41) is 11.5. The summed E-state index contributed by atoms with van der Waals surface area (Å²) in [6, 6.07) is 5.63. The monoisotopic (exact) mass is 366 g/mol. The molecule has 0 amide bonds. The molecule has 0 spiro atoms. The van der Waals surface area contributed by atoms with Crippen LogP contribution in [-0.2, 0) is 0 Å². The number of hydrogen-bond acceptors (Lipinski definition) is 5. The summed E-state index contributed by atoms with van der Waals surface area (Å²) in [6.07, 6.45) is 0. The molecule has 0 radical (unpaired) electrons.